The number of benzene rings is 1. The molecule has 1 unspecified atom stereocenters. The van der Waals surface area contributed by atoms with Crippen LogP contribution in [0.25, 0.3) is 0 Å². The highest BCUT2D eigenvalue weighted by molar-refractivity contribution is 7.34. The second kappa shape index (κ2) is 8.51. The Labute approximate surface area is 99.0 Å². The summed E-state index contributed by atoms with van der Waals surface area (Å²) < 4.78 is 5.36. The molecular weight excluding hydrogens is 221 g/mol. The molecule has 0 heterocycles. The topological polar surface area (TPSA) is 41.5 Å². The minimum Gasteiger partial charge on any atom is -0.491 e. The van der Waals surface area contributed by atoms with Gasteiger partial charge in [-0.3, -0.25) is 5.09 Å². The van der Waals surface area contributed by atoms with Crippen molar-refractivity contribution in [3.05, 3.63) is 29.8 Å². The van der Waals surface area contributed by atoms with Crippen molar-refractivity contribution < 1.29 is 9.84 Å². The summed E-state index contributed by atoms with van der Waals surface area (Å²) in [5, 5.41) is 12.0. The third kappa shape index (κ3) is 5.45. The van der Waals surface area contributed by atoms with E-state index in [1.807, 2.05) is 18.2 Å². The molecule has 1 atom stereocenters. The van der Waals surface area contributed by atoms with Gasteiger partial charge < -0.3 is 9.84 Å². The summed E-state index contributed by atoms with van der Waals surface area (Å²) in [6.45, 7) is 3.63. The SMILES string of the molecule is CPNCCCc1cccc(OCCO)c1. The summed E-state index contributed by atoms with van der Waals surface area (Å²) >= 11 is 0. The third-order valence-electron chi connectivity index (χ3n) is 2.20. The van der Waals surface area contributed by atoms with Crippen molar-refractivity contribution in [2.24, 2.45) is 0 Å². The normalized spacial score (nSPS) is 11.1. The van der Waals surface area contributed by atoms with Gasteiger partial charge in [-0.25, -0.2) is 0 Å². The summed E-state index contributed by atoms with van der Waals surface area (Å²) in [6, 6.07) is 8.08. The first kappa shape index (κ1) is 13.4. The number of rotatable bonds is 8. The standard InChI is InChI=1S/C12H20NO2P/c1-16-13-7-3-5-11-4-2-6-12(10-11)15-9-8-14/h2,4,6,10,13-14,16H,3,5,7-9H2,1H3. The van der Waals surface area contributed by atoms with Crippen LogP contribution in [0.1, 0.15) is 12.0 Å². The van der Waals surface area contributed by atoms with Crippen LogP contribution >= 0.6 is 8.73 Å². The van der Waals surface area contributed by atoms with Crippen LogP contribution in [0.3, 0.4) is 0 Å². The Bertz CT molecular complexity index is 294. The zero-order valence-corrected chi connectivity index (χ0v) is 10.7. The predicted molar refractivity (Wildman–Crippen MR) is 69.6 cm³/mol. The van der Waals surface area contributed by atoms with Crippen LogP contribution in [0.4, 0.5) is 0 Å². The van der Waals surface area contributed by atoms with Crippen LogP contribution in [0, 0.1) is 0 Å². The fourth-order valence-corrected chi connectivity index (χ4v) is 1.89. The Morgan fingerprint density at radius 2 is 2.31 bits per heavy atom. The molecule has 0 aromatic heterocycles. The second-order valence-corrected chi connectivity index (χ2v) is 4.35. The molecule has 0 radical (unpaired) electrons. The summed E-state index contributed by atoms with van der Waals surface area (Å²) in [4.78, 5) is 0. The summed E-state index contributed by atoms with van der Waals surface area (Å²) in [6.07, 6.45) is 2.21. The summed E-state index contributed by atoms with van der Waals surface area (Å²) in [7, 11) is 0.820. The third-order valence-corrected chi connectivity index (χ3v) is 2.81. The molecule has 3 nitrogen and oxygen atoms in total. The number of ether oxygens (including phenoxy) is 1. The molecule has 0 saturated heterocycles. The van der Waals surface area contributed by atoms with E-state index < -0.39 is 0 Å². The van der Waals surface area contributed by atoms with Gasteiger partial charge in [-0.05, 0) is 43.7 Å². The minimum absolute atomic E-state index is 0.0611. The van der Waals surface area contributed by atoms with Gasteiger partial charge in [0.2, 0.25) is 0 Å². The van der Waals surface area contributed by atoms with E-state index >= 15 is 0 Å². The molecule has 2 N–H and O–H groups in total. The van der Waals surface area contributed by atoms with Gasteiger partial charge >= 0.3 is 0 Å². The Kier molecular flexibility index (Phi) is 7.15. The molecule has 0 spiro atoms. The molecule has 1 aromatic carbocycles. The van der Waals surface area contributed by atoms with E-state index in [0.29, 0.717) is 6.61 Å². The fraction of sp³-hybridized carbons (Fsp3) is 0.500. The molecule has 1 rings (SSSR count). The van der Waals surface area contributed by atoms with Crippen molar-refractivity contribution in [3.63, 3.8) is 0 Å². The highest BCUT2D eigenvalue weighted by atomic mass is 31.1. The number of aliphatic hydroxyl groups excluding tert-OH is 1. The van der Waals surface area contributed by atoms with Crippen LogP contribution in [0.5, 0.6) is 5.75 Å². The fourth-order valence-electron chi connectivity index (χ4n) is 1.46. The Morgan fingerprint density at radius 3 is 3.06 bits per heavy atom. The van der Waals surface area contributed by atoms with Gasteiger partial charge in [0.1, 0.15) is 12.4 Å². The average Bonchev–Trinajstić information content (AvgIpc) is 2.33. The van der Waals surface area contributed by atoms with Crippen LogP contribution in [0.15, 0.2) is 24.3 Å². The lowest BCUT2D eigenvalue weighted by atomic mass is 10.1. The lowest BCUT2D eigenvalue weighted by molar-refractivity contribution is 0.201. The first-order chi connectivity index (χ1) is 7.86. The lowest BCUT2D eigenvalue weighted by Gasteiger charge is -2.07. The molecule has 1 aromatic rings. The van der Waals surface area contributed by atoms with Crippen molar-refractivity contribution in [3.8, 4) is 5.75 Å². The first-order valence-electron chi connectivity index (χ1n) is 5.59. The van der Waals surface area contributed by atoms with E-state index in [2.05, 4.69) is 17.8 Å². The van der Waals surface area contributed by atoms with Crippen LogP contribution in [0.2, 0.25) is 0 Å². The van der Waals surface area contributed by atoms with Gasteiger partial charge in [0.15, 0.2) is 0 Å². The summed E-state index contributed by atoms with van der Waals surface area (Å²) in [5.41, 5.74) is 1.29. The molecule has 0 aliphatic heterocycles. The monoisotopic (exact) mass is 241 g/mol. The molecular formula is C12H20NO2P. The van der Waals surface area contributed by atoms with E-state index in [1.54, 1.807) is 0 Å². The lowest BCUT2D eigenvalue weighted by Crippen LogP contribution is -2.04. The quantitative estimate of drug-likeness (QED) is 0.538. The number of aryl methyl sites for hydroxylation is 1. The molecule has 0 bridgehead atoms. The smallest absolute Gasteiger partial charge is 0.119 e. The molecule has 0 fully saturated rings. The number of hydrogen-bond donors (Lipinski definition) is 2. The highest BCUT2D eigenvalue weighted by Gasteiger charge is 1.97. The zero-order chi connectivity index (χ0) is 11.6. The van der Waals surface area contributed by atoms with Gasteiger partial charge in [-0.2, -0.15) is 0 Å². The molecule has 90 valence electrons. The van der Waals surface area contributed by atoms with Crippen LogP contribution < -0.4 is 9.82 Å². The van der Waals surface area contributed by atoms with E-state index in [0.717, 1.165) is 33.9 Å². The van der Waals surface area contributed by atoms with E-state index in [-0.39, 0.29) is 6.61 Å². The molecule has 16 heavy (non-hydrogen) atoms. The van der Waals surface area contributed by atoms with Gasteiger partial charge in [0.25, 0.3) is 0 Å². The van der Waals surface area contributed by atoms with Gasteiger partial charge in [-0.1, -0.05) is 20.9 Å². The maximum absolute atomic E-state index is 8.66. The maximum atomic E-state index is 8.66. The van der Waals surface area contributed by atoms with Crippen molar-refractivity contribution >= 4 is 8.73 Å². The van der Waals surface area contributed by atoms with Crippen molar-refractivity contribution in [2.75, 3.05) is 26.4 Å². The molecule has 0 amide bonds. The van der Waals surface area contributed by atoms with Crippen molar-refractivity contribution in [2.45, 2.75) is 12.8 Å². The van der Waals surface area contributed by atoms with Crippen molar-refractivity contribution in [1.82, 2.24) is 5.09 Å². The Hall–Kier alpha value is -0.630. The van der Waals surface area contributed by atoms with Crippen LogP contribution in [-0.2, 0) is 6.42 Å². The minimum atomic E-state index is 0.0611. The number of nitrogens with one attached hydrogen (secondary N) is 1. The van der Waals surface area contributed by atoms with Crippen molar-refractivity contribution in [1.29, 1.82) is 0 Å². The summed E-state index contributed by atoms with van der Waals surface area (Å²) in [5.74, 6) is 0.844. The predicted octanol–water partition coefficient (Wildman–Crippen LogP) is 1.80. The number of aliphatic hydroxyl groups is 1. The van der Waals surface area contributed by atoms with Gasteiger partial charge in [-0.15, -0.1) is 0 Å². The molecule has 4 heteroatoms. The largest absolute Gasteiger partial charge is 0.491 e. The number of hydrogen-bond acceptors (Lipinski definition) is 3. The van der Waals surface area contributed by atoms with Crippen LogP contribution in [-0.4, -0.2) is 31.5 Å². The van der Waals surface area contributed by atoms with E-state index in [4.69, 9.17) is 9.84 Å². The highest BCUT2D eigenvalue weighted by Crippen LogP contribution is 2.14. The second-order valence-electron chi connectivity index (χ2n) is 3.50. The van der Waals surface area contributed by atoms with Gasteiger partial charge in [0, 0.05) is 0 Å². The molecule has 0 aliphatic rings. The first-order valence-corrected chi connectivity index (χ1v) is 7.09. The average molecular weight is 241 g/mol. The maximum Gasteiger partial charge on any atom is 0.119 e. The molecule has 0 aliphatic carbocycles. The van der Waals surface area contributed by atoms with E-state index in [9.17, 15) is 0 Å². The van der Waals surface area contributed by atoms with E-state index in [1.165, 1.54) is 5.56 Å². The zero-order valence-electron chi connectivity index (χ0n) is 9.70. The Morgan fingerprint density at radius 1 is 1.44 bits per heavy atom. The molecule has 0 saturated carbocycles. The Balaban J connectivity index is 2.35. The van der Waals surface area contributed by atoms with Gasteiger partial charge in [0.05, 0.1) is 6.61 Å².